The summed E-state index contributed by atoms with van der Waals surface area (Å²) in [5, 5.41) is 19.4. The average Bonchev–Trinajstić information content (AvgIpc) is 2.29. The van der Waals surface area contributed by atoms with Gasteiger partial charge in [0.05, 0.1) is 18.4 Å². The minimum atomic E-state index is -0.683. The van der Waals surface area contributed by atoms with Crippen LogP contribution < -0.4 is 9.96 Å². The van der Waals surface area contributed by atoms with Crippen molar-refractivity contribution >= 4 is 17.6 Å². The maximum Gasteiger partial charge on any atom is 0.338 e. The molecular formula is C11H12NO6-. The molecule has 1 aromatic rings. The fourth-order valence-corrected chi connectivity index (χ4v) is 1.39. The van der Waals surface area contributed by atoms with Gasteiger partial charge in [-0.1, -0.05) is 0 Å². The molecule has 0 heterocycles. The maximum atomic E-state index is 11.4. The minimum absolute atomic E-state index is 0.138. The topological polar surface area (TPSA) is 99.1 Å². The number of ether oxygens (including phenoxy) is 2. The lowest BCUT2D eigenvalue weighted by atomic mass is 10.1. The summed E-state index contributed by atoms with van der Waals surface area (Å²) in [6.07, 6.45) is 0. The SMILES string of the molecule is COC(=O)c1cc(OC(C)=O)c(N([O-])O)cc1C. The second-order valence-electron chi connectivity index (χ2n) is 3.49. The van der Waals surface area contributed by atoms with Crippen LogP contribution in [-0.4, -0.2) is 24.3 Å². The molecule has 0 aliphatic carbocycles. The number of benzene rings is 1. The van der Waals surface area contributed by atoms with Crippen LogP contribution in [0, 0.1) is 12.1 Å². The van der Waals surface area contributed by atoms with Crippen LogP contribution in [0.1, 0.15) is 22.8 Å². The largest absolute Gasteiger partial charge is 0.733 e. The molecule has 0 bridgehead atoms. The number of carbonyl (C=O) groups is 2. The standard InChI is InChI=1S/C11H12NO6/c1-6-4-9(12(15)16)10(18-7(2)13)5-8(6)11(14)17-3/h4-5,15H,1-3H3/q-1. The van der Waals surface area contributed by atoms with Crippen molar-refractivity contribution in [3.8, 4) is 5.75 Å². The van der Waals surface area contributed by atoms with Crippen LogP contribution in [0.2, 0.25) is 0 Å². The van der Waals surface area contributed by atoms with E-state index < -0.39 is 17.2 Å². The molecule has 0 amide bonds. The quantitative estimate of drug-likeness (QED) is 0.494. The highest BCUT2D eigenvalue weighted by Crippen LogP contribution is 2.31. The van der Waals surface area contributed by atoms with Crippen molar-refractivity contribution in [1.82, 2.24) is 0 Å². The number of methoxy groups -OCH3 is 1. The number of aryl methyl sites for hydroxylation is 1. The molecule has 98 valence electrons. The van der Waals surface area contributed by atoms with Crippen LogP contribution in [0.15, 0.2) is 12.1 Å². The first-order valence-electron chi connectivity index (χ1n) is 4.94. The molecule has 0 saturated carbocycles. The summed E-state index contributed by atoms with van der Waals surface area (Å²) in [5.74, 6) is -1.54. The normalized spacial score (nSPS) is 9.83. The molecule has 0 fully saturated rings. The molecule has 0 unspecified atom stereocenters. The zero-order valence-corrected chi connectivity index (χ0v) is 10.1. The lowest BCUT2D eigenvalue weighted by Crippen LogP contribution is -2.14. The molecule has 0 saturated heterocycles. The van der Waals surface area contributed by atoms with E-state index in [2.05, 4.69) is 4.74 Å². The van der Waals surface area contributed by atoms with Gasteiger partial charge in [-0.2, -0.15) is 0 Å². The first-order valence-corrected chi connectivity index (χ1v) is 4.94. The van der Waals surface area contributed by atoms with E-state index in [0.717, 1.165) is 6.92 Å². The van der Waals surface area contributed by atoms with Gasteiger partial charge in [0.2, 0.25) is 0 Å². The van der Waals surface area contributed by atoms with Crippen LogP contribution in [0.4, 0.5) is 5.69 Å². The van der Waals surface area contributed by atoms with Gasteiger partial charge in [-0.15, -0.1) is 0 Å². The highest BCUT2D eigenvalue weighted by atomic mass is 16.8. The van der Waals surface area contributed by atoms with Crippen molar-refractivity contribution in [2.75, 3.05) is 12.3 Å². The Balaban J connectivity index is 3.35. The molecule has 0 radical (unpaired) electrons. The summed E-state index contributed by atoms with van der Waals surface area (Å²) in [5.41, 5.74) is 0.275. The molecule has 0 aliphatic heterocycles. The van der Waals surface area contributed by atoms with Crippen LogP contribution in [0.25, 0.3) is 0 Å². The van der Waals surface area contributed by atoms with E-state index in [9.17, 15) is 14.8 Å². The van der Waals surface area contributed by atoms with Gasteiger partial charge in [0, 0.05) is 6.92 Å². The van der Waals surface area contributed by atoms with Crippen molar-refractivity contribution in [2.45, 2.75) is 13.8 Å². The number of hydrogen-bond acceptors (Lipinski definition) is 7. The number of hydrogen-bond donors (Lipinski definition) is 1. The molecule has 0 aromatic heterocycles. The van der Waals surface area contributed by atoms with Gasteiger partial charge in [-0.05, 0) is 24.6 Å². The van der Waals surface area contributed by atoms with Crippen molar-refractivity contribution in [1.29, 1.82) is 0 Å². The molecule has 1 rings (SSSR count). The average molecular weight is 254 g/mol. The predicted molar refractivity (Wildman–Crippen MR) is 61.5 cm³/mol. The van der Waals surface area contributed by atoms with Crippen molar-refractivity contribution in [3.63, 3.8) is 0 Å². The maximum absolute atomic E-state index is 11.4. The third-order valence-corrected chi connectivity index (χ3v) is 2.17. The van der Waals surface area contributed by atoms with Crippen molar-refractivity contribution in [3.05, 3.63) is 28.5 Å². The van der Waals surface area contributed by atoms with Crippen LogP contribution in [0.3, 0.4) is 0 Å². The Labute approximate surface area is 103 Å². The molecule has 7 heteroatoms. The Morgan fingerprint density at radius 1 is 1.39 bits per heavy atom. The summed E-state index contributed by atoms with van der Waals surface area (Å²) in [6, 6.07) is 2.39. The first-order chi connectivity index (χ1) is 8.36. The summed E-state index contributed by atoms with van der Waals surface area (Å²) >= 11 is 0. The third kappa shape index (κ3) is 2.96. The van der Waals surface area contributed by atoms with E-state index in [1.807, 2.05) is 0 Å². The Bertz CT molecular complexity index is 483. The minimum Gasteiger partial charge on any atom is -0.733 e. The second-order valence-corrected chi connectivity index (χ2v) is 3.49. The van der Waals surface area contributed by atoms with Gasteiger partial charge in [-0.3, -0.25) is 10.0 Å². The van der Waals surface area contributed by atoms with Gasteiger partial charge in [0.15, 0.2) is 5.75 Å². The van der Waals surface area contributed by atoms with Gasteiger partial charge < -0.3 is 19.9 Å². The van der Waals surface area contributed by atoms with E-state index in [4.69, 9.17) is 9.94 Å². The number of anilines is 1. The van der Waals surface area contributed by atoms with Gasteiger partial charge in [0.25, 0.3) is 0 Å². The van der Waals surface area contributed by atoms with E-state index in [1.54, 1.807) is 6.92 Å². The molecule has 0 atom stereocenters. The summed E-state index contributed by atoms with van der Waals surface area (Å²) < 4.78 is 9.29. The molecule has 0 aliphatic rings. The van der Waals surface area contributed by atoms with Crippen LogP contribution in [-0.2, 0) is 9.53 Å². The van der Waals surface area contributed by atoms with Gasteiger partial charge in [0.1, 0.15) is 0 Å². The van der Waals surface area contributed by atoms with Gasteiger partial charge in [-0.25, -0.2) is 4.79 Å². The second kappa shape index (κ2) is 5.48. The predicted octanol–water partition coefficient (Wildman–Crippen LogP) is 1.40. The fourth-order valence-electron chi connectivity index (χ4n) is 1.39. The number of nitrogens with zero attached hydrogens (tertiary/aromatic N) is 1. The fraction of sp³-hybridized carbons (Fsp3) is 0.273. The van der Waals surface area contributed by atoms with E-state index in [1.165, 1.54) is 19.2 Å². The Kier molecular flexibility index (Phi) is 4.24. The smallest absolute Gasteiger partial charge is 0.338 e. The van der Waals surface area contributed by atoms with Crippen molar-refractivity contribution < 1.29 is 24.3 Å². The summed E-state index contributed by atoms with van der Waals surface area (Å²) in [4.78, 5) is 22.3. The first kappa shape index (κ1) is 13.9. The van der Waals surface area contributed by atoms with E-state index in [0.29, 0.717) is 5.56 Å². The number of rotatable bonds is 3. The zero-order valence-electron chi connectivity index (χ0n) is 10.1. The van der Waals surface area contributed by atoms with Gasteiger partial charge >= 0.3 is 11.9 Å². The summed E-state index contributed by atoms with van der Waals surface area (Å²) in [6.45, 7) is 2.69. The third-order valence-electron chi connectivity index (χ3n) is 2.17. The molecular weight excluding hydrogens is 242 g/mol. The highest BCUT2D eigenvalue weighted by Gasteiger charge is 2.16. The highest BCUT2D eigenvalue weighted by molar-refractivity contribution is 5.93. The van der Waals surface area contributed by atoms with Crippen LogP contribution >= 0.6 is 0 Å². The molecule has 0 spiro atoms. The monoisotopic (exact) mass is 254 g/mol. The molecule has 1 N–H and O–H groups in total. The van der Waals surface area contributed by atoms with Crippen molar-refractivity contribution in [2.24, 2.45) is 0 Å². The molecule has 18 heavy (non-hydrogen) atoms. The number of carbonyl (C=O) groups excluding carboxylic acids is 2. The van der Waals surface area contributed by atoms with Crippen LogP contribution in [0.5, 0.6) is 5.75 Å². The lowest BCUT2D eigenvalue weighted by molar-refractivity contribution is -0.131. The molecule has 1 aromatic carbocycles. The zero-order chi connectivity index (χ0) is 13.9. The number of esters is 2. The van der Waals surface area contributed by atoms with E-state index in [-0.39, 0.29) is 17.0 Å². The van der Waals surface area contributed by atoms with E-state index >= 15 is 0 Å². The lowest BCUT2D eigenvalue weighted by Gasteiger charge is -2.24. The Hall–Kier alpha value is -2.12. The Morgan fingerprint density at radius 3 is 2.44 bits per heavy atom. The molecule has 7 nitrogen and oxygen atoms in total. The summed E-state index contributed by atoms with van der Waals surface area (Å²) in [7, 11) is 1.20. The Morgan fingerprint density at radius 2 is 2.00 bits per heavy atom.